The van der Waals surface area contributed by atoms with E-state index < -0.39 is 17.5 Å². The molecule has 2 atom stereocenters. The standard InChI is InChI=1S/C18H24ClNO4/c1-2-8-18(17(23)24)9-10-20(12-15(18)21)16(22)7-6-13-4-3-5-14(19)11-13/h3-5,11,15,21H,2,6-10,12H2,1H3,(H,23,24)/t15-,18-/m0/s1. The number of halogens is 1. The number of aliphatic hydroxyl groups excluding tert-OH is 1. The molecule has 2 rings (SSSR count). The molecule has 0 bridgehead atoms. The molecular formula is C18H24ClNO4. The maximum absolute atomic E-state index is 12.4. The lowest BCUT2D eigenvalue weighted by molar-refractivity contribution is -0.167. The molecule has 1 aliphatic rings. The van der Waals surface area contributed by atoms with Crippen molar-refractivity contribution >= 4 is 23.5 Å². The zero-order valence-corrected chi connectivity index (χ0v) is 14.6. The summed E-state index contributed by atoms with van der Waals surface area (Å²) < 4.78 is 0. The van der Waals surface area contributed by atoms with E-state index in [1.165, 1.54) is 0 Å². The van der Waals surface area contributed by atoms with Gasteiger partial charge in [0.05, 0.1) is 11.5 Å². The first-order valence-electron chi connectivity index (χ1n) is 8.32. The number of carboxylic acids is 1. The first kappa shape index (κ1) is 18.7. The summed E-state index contributed by atoms with van der Waals surface area (Å²) in [6.45, 7) is 2.36. The highest BCUT2D eigenvalue weighted by molar-refractivity contribution is 6.30. The van der Waals surface area contributed by atoms with Crippen LogP contribution in [-0.4, -0.2) is 46.2 Å². The molecular weight excluding hydrogens is 330 g/mol. The second-order valence-electron chi connectivity index (χ2n) is 6.45. The SMILES string of the molecule is CCC[C@]1(C(=O)O)CCN(C(=O)CCc2cccc(Cl)c2)C[C@@H]1O. The van der Waals surface area contributed by atoms with Gasteiger partial charge in [-0.2, -0.15) is 0 Å². The van der Waals surface area contributed by atoms with Crippen LogP contribution in [0.5, 0.6) is 0 Å². The molecule has 6 heteroatoms. The van der Waals surface area contributed by atoms with Gasteiger partial charge >= 0.3 is 5.97 Å². The van der Waals surface area contributed by atoms with Crippen LogP contribution in [0.25, 0.3) is 0 Å². The Morgan fingerprint density at radius 2 is 2.17 bits per heavy atom. The summed E-state index contributed by atoms with van der Waals surface area (Å²) >= 11 is 5.93. The van der Waals surface area contributed by atoms with Crippen LogP contribution in [0.1, 0.15) is 38.2 Å². The minimum absolute atomic E-state index is 0.0653. The topological polar surface area (TPSA) is 77.8 Å². The fraction of sp³-hybridized carbons (Fsp3) is 0.556. The van der Waals surface area contributed by atoms with E-state index in [-0.39, 0.29) is 12.5 Å². The molecule has 5 nitrogen and oxygen atoms in total. The lowest BCUT2D eigenvalue weighted by Crippen LogP contribution is -2.56. The van der Waals surface area contributed by atoms with Crippen LogP contribution in [0, 0.1) is 5.41 Å². The second kappa shape index (κ2) is 7.99. The number of carbonyl (C=O) groups is 2. The van der Waals surface area contributed by atoms with Crippen LogP contribution < -0.4 is 0 Å². The Labute approximate surface area is 147 Å². The smallest absolute Gasteiger partial charge is 0.312 e. The minimum atomic E-state index is -1.13. The van der Waals surface area contributed by atoms with Gasteiger partial charge in [-0.15, -0.1) is 0 Å². The number of likely N-dealkylation sites (tertiary alicyclic amines) is 1. The van der Waals surface area contributed by atoms with E-state index in [1.54, 1.807) is 11.0 Å². The molecule has 132 valence electrons. The number of hydrogen-bond acceptors (Lipinski definition) is 3. The Morgan fingerprint density at radius 1 is 1.42 bits per heavy atom. The summed E-state index contributed by atoms with van der Waals surface area (Å²) in [5.74, 6) is -1.03. The molecule has 0 aromatic heterocycles. The van der Waals surface area contributed by atoms with Crippen LogP contribution in [0.3, 0.4) is 0 Å². The summed E-state index contributed by atoms with van der Waals surface area (Å²) in [6.07, 6.45) is 1.27. The third-order valence-corrected chi connectivity index (χ3v) is 5.09. The second-order valence-corrected chi connectivity index (χ2v) is 6.88. The van der Waals surface area contributed by atoms with E-state index in [9.17, 15) is 19.8 Å². The average molecular weight is 354 g/mol. The van der Waals surface area contributed by atoms with Crippen LogP contribution in [0.4, 0.5) is 0 Å². The number of amides is 1. The van der Waals surface area contributed by atoms with Crippen LogP contribution in [-0.2, 0) is 16.0 Å². The predicted octanol–water partition coefficient (Wildman–Crippen LogP) is 2.74. The monoisotopic (exact) mass is 353 g/mol. The van der Waals surface area contributed by atoms with E-state index >= 15 is 0 Å². The molecule has 1 aliphatic heterocycles. The predicted molar refractivity (Wildman–Crippen MR) is 92.0 cm³/mol. The largest absolute Gasteiger partial charge is 0.481 e. The summed E-state index contributed by atoms with van der Waals surface area (Å²) in [6, 6.07) is 7.38. The van der Waals surface area contributed by atoms with Crippen molar-refractivity contribution in [2.75, 3.05) is 13.1 Å². The third-order valence-electron chi connectivity index (χ3n) is 4.85. The summed E-state index contributed by atoms with van der Waals surface area (Å²) in [5.41, 5.74) is -0.141. The Bertz CT molecular complexity index is 606. The average Bonchev–Trinajstić information content (AvgIpc) is 2.54. The highest BCUT2D eigenvalue weighted by atomic mass is 35.5. The van der Waals surface area contributed by atoms with Gasteiger partial charge in [0.15, 0.2) is 0 Å². The first-order valence-corrected chi connectivity index (χ1v) is 8.70. The van der Waals surface area contributed by atoms with E-state index in [2.05, 4.69) is 0 Å². The molecule has 0 aliphatic carbocycles. The zero-order chi connectivity index (χ0) is 17.7. The fourth-order valence-electron chi connectivity index (χ4n) is 3.40. The van der Waals surface area contributed by atoms with Crippen molar-refractivity contribution in [3.8, 4) is 0 Å². The van der Waals surface area contributed by atoms with Gasteiger partial charge in [0.25, 0.3) is 0 Å². The number of benzene rings is 1. The number of nitrogens with zero attached hydrogens (tertiary/aromatic N) is 1. The van der Waals surface area contributed by atoms with Crippen molar-refractivity contribution in [3.63, 3.8) is 0 Å². The molecule has 1 saturated heterocycles. The van der Waals surface area contributed by atoms with Crippen molar-refractivity contribution in [3.05, 3.63) is 34.9 Å². The van der Waals surface area contributed by atoms with Gasteiger partial charge in [0.2, 0.25) is 5.91 Å². The molecule has 1 heterocycles. The number of hydrogen-bond donors (Lipinski definition) is 2. The first-order chi connectivity index (χ1) is 11.4. The lowest BCUT2D eigenvalue weighted by atomic mass is 9.72. The van der Waals surface area contributed by atoms with Gasteiger partial charge < -0.3 is 15.1 Å². The third kappa shape index (κ3) is 4.08. The molecule has 2 N–H and O–H groups in total. The molecule has 1 fully saturated rings. The van der Waals surface area contributed by atoms with Gasteiger partial charge in [0.1, 0.15) is 0 Å². The van der Waals surface area contributed by atoms with Gasteiger partial charge in [-0.05, 0) is 37.0 Å². The quantitative estimate of drug-likeness (QED) is 0.824. The van der Waals surface area contributed by atoms with Crippen molar-refractivity contribution in [2.45, 2.75) is 45.1 Å². The van der Waals surface area contributed by atoms with Gasteiger partial charge in [-0.3, -0.25) is 9.59 Å². The van der Waals surface area contributed by atoms with Crippen molar-refractivity contribution in [1.29, 1.82) is 0 Å². The molecule has 1 aromatic rings. The Hall–Kier alpha value is -1.59. The lowest BCUT2D eigenvalue weighted by Gasteiger charge is -2.42. The molecule has 1 amide bonds. The Morgan fingerprint density at radius 3 is 2.75 bits per heavy atom. The normalized spacial score (nSPS) is 24.0. The number of aliphatic hydroxyl groups is 1. The van der Waals surface area contributed by atoms with Crippen molar-refractivity contribution in [2.24, 2.45) is 5.41 Å². The number of carbonyl (C=O) groups excluding carboxylic acids is 1. The van der Waals surface area contributed by atoms with Crippen molar-refractivity contribution in [1.82, 2.24) is 4.90 Å². The van der Waals surface area contributed by atoms with E-state index in [4.69, 9.17) is 11.6 Å². The van der Waals surface area contributed by atoms with E-state index in [0.717, 1.165) is 5.56 Å². The molecule has 0 saturated carbocycles. The number of piperidine rings is 1. The maximum atomic E-state index is 12.4. The molecule has 0 radical (unpaired) electrons. The van der Waals surface area contributed by atoms with Gasteiger partial charge in [0, 0.05) is 24.5 Å². The number of rotatable bonds is 6. The molecule has 24 heavy (non-hydrogen) atoms. The van der Waals surface area contributed by atoms with Crippen LogP contribution in [0.15, 0.2) is 24.3 Å². The van der Waals surface area contributed by atoms with Gasteiger partial charge in [-0.1, -0.05) is 37.1 Å². The minimum Gasteiger partial charge on any atom is -0.481 e. The van der Waals surface area contributed by atoms with Crippen LogP contribution >= 0.6 is 11.6 Å². The summed E-state index contributed by atoms with van der Waals surface area (Å²) in [5, 5.41) is 20.5. The Kier molecular flexibility index (Phi) is 6.24. The van der Waals surface area contributed by atoms with Crippen LogP contribution in [0.2, 0.25) is 5.02 Å². The molecule has 0 spiro atoms. The number of β-amino-alcohol motifs (C(OH)–C–C–N with tert-alkyl or cyclic N) is 1. The highest BCUT2D eigenvalue weighted by Crippen LogP contribution is 2.37. The number of aryl methyl sites for hydroxylation is 1. The summed E-state index contributed by atoms with van der Waals surface area (Å²) in [7, 11) is 0. The zero-order valence-electron chi connectivity index (χ0n) is 13.9. The fourth-order valence-corrected chi connectivity index (χ4v) is 3.61. The molecule has 0 unspecified atom stereocenters. The van der Waals surface area contributed by atoms with E-state index in [1.807, 2.05) is 25.1 Å². The Balaban J connectivity index is 1.94. The van der Waals surface area contributed by atoms with E-state index in [0.29, 0.717) is 43.7 Å². The number of aliphatic carboxylic acids is 1. The van der Waals surface area contributed by atoms with Crippen molar-refractivity contribution < 1.29 is 19.8 Å². The summed E-state index contributed by atoms with van der Waals surface area (Å²) in [4.78, 5) is 25.6. The van der Waals surface area contributed by atoms with Gasteiger partial charge in [-0.25, -0.2) is 0 Å². The molecule has 1 aromatic carbocycles. The maximum Gasteiger partial charge on any atom is 0.312 e. The number of carboxylic acid groups (broad SMARTS) is 1. The highest BCUT2D eigenvalue weighted by Gasteiger charge is 2.48.